The Hall–Kier alpha value is -4.77. The number of anilines is 1. The molecule has 2 N–H and O–H groups in total. The Bertz CT molecular complexity index is 1460. The number of nitrogens with one attached hydrogen (secondary N) is 2. The summed E-state index contributed by atoms with van der Waals surface area (Å²) in [5, 5.41) is 8.37. The number of nitrogens with zero attached hydrogens (tertiary/aromatic N) is 5. The minimum Gasteiger partial charge on any atom is -0.597 e. The molecule has 1 amide bonds. The Labute approximate surface area is 218 Å². The molecule has 2 aromatic carbocycles. The Kier molecular flexibility index (Phi) is 6.75. The van der Waals surface area contributed by atoms with Gasteiger partial charge in [-0.1, -0.05) is 41.6 Å². The molecule has 0 saturated heterocycles. The van der Waals surface area contributed by atoms with E-state index in [0.29, 0.717) is 29.3 Å². The molecule has 38 heavy (non-hydrogen) atoms. The molecule has 0 radical (unpaired) electrons. The van der Waals surface area contributed by atoms with Crippen LogP contribution in [0, 0.1) is 5.82 Å². The average Bonchev–Trinajstić information content (AvgIpc) is 3.55. The fourth-order valence-corrected chi connectivity index (χ4v) is 3.74. The van der Waals surface area contributed by atoms with Crippen molar-refractivity contribution < 1.29 is 18.4 Å². The molecule has 0 fully saturated rings. The highest BCUT2D eigenvalue weighted by atomic mass is 19.1. The number of aromatic nitrogens is 3. The first-order valence-electron chi connectivity index (χ1n) is 11.8. The standard InChI is InChI=1S/C27H26FN7O3/c1-27(2,3)37-26(36)30-16-17-8-10-19(11-9-17)24-31-25(38-33-24)22-23(18-12-14-29-15-13-18)35(34-32-22)21-7-5-4-6-20(21)28/h4-15H,16H2,1-3H3,(H3,29,30,31,32,33,34,36)/p-1. The lowest BCUT2D eigenvalue weighted by Gasteiger charge is -2.26. The topological polar surface area (TPSA) is 120 Å². The van der Waals surface area contributed by atoms with Crippen molar-refractivity contribution in [1.82, 2.24) is 26.0 Å². The van der Waals surface area contributed by atoms with E-state index in [0.717, 1.165) is 11.1 Å². The maximum atomic E-state index is 14.6. The van der Waals surface area contributed by atoms with Crippen molar-refractivity contribution in [3.8, 4) is 11.4 Å². The average molecular weight is 515 g/mol. The monoisotopic (exact) mass is 514 g/mol. The molecule has 0 aliphatic carbocycles. The molecular weight excluding hydrogens is 489 g/mol. The highest BCUT2D eigenvalue weighted by Crippen LogP contribution is 2.39. The van der Waals surface area contributed by atoms with Crippen LogP contribution in [0.5, 0.6) is 0 Å². The maximum Gasteiger partial charge on any atom is 0.407 e. The number of hydrogen-bond donors (Lipinski definition) is 2. The van der Waals surface area contributed by atoms with Gasteiger partial charge in [-0.2, -0.15) is 4.98 Å². The zero-order chi connectivity index (χ0) is 26.7. The Morgan fingerprint density at radius 1 is 1.08 bits per heavy atom. The molecule has 194 valence electrons. The number of pyridine rings is 1. The van der Waals surface area contributed by atoms with E-state index in [-0.39, 0.29) is 11.6 Å². The Morgan fingerprint density at radius 3 is 2.53 bits per heavy atom. The summed E-state index contributed by atoms with van der Waals surface area (Å²) in [5.74, 6) is 0.0945. The van der Waals surface area contributed by atoms with Gasteiger partial charge in [-0.25, -0.2) is 9.18 Å². The molecule has 2 aromatic heterocycles. The normalized spacial score (nSPS) is 13.4. The number of ether oxygens (including phenoxy) is 1. The number of carbonyl (C=O) groups excluding carboxylic acids is 1. The van der Waals surface area contributed by atoms with E-state index in [1.165, 1.54) is 11.1 Å². The second-order valence-electron chi connectivity index (χ2n) is 9.41. The van der Waals surface area contributed by atoms with Gasteiger partial charge >= 0.3 is 6.09 Å². The molecule has 10 nitrogen and oxygen atoms in total. The quantitative estimate of drug-likeness (QED) is 0.349. The Balaban J connectivity index is 1.39. The van der Waals surface area contributed by atoms with Gasteiger partial charge in [-0.3, -0.25) is 9.99 Å². The number of carbonyl (C=O) groups is 1. The largest absolute Gasteiger partial charge is 0.597 e. The second kappa shape index (κ2) is 10.3. The van der Waals surface area contributed by atoms with Crippen LogP contribution < -0.4 is 15.9 Å². The number of hydrazine groups is 1. The fraction of sp³-hybridized carbons (Fsp3) is 0.185. The van der Waals surface area contributed by atoms with Crippen LogP contribution in [-0.4, -0.2) is 26.8 Å². The predicted octanol–water partition coefficient (Wildman–Crippen LogP) is 5.43. The lowest BCUT2D eigenvalue weighted by Crippen LogP contribution is -2.32. The lowest BCUT2D eigenvalue weighted by molar-refractivity contribution is 0.0523. The number of hydrogen-bond acceptors (Lipinski definition) is 8. The van der Waals surface area contributed by atoms with Gasteiger partial charge < -0.3 is 25.5 Å². The van der Waals surface area contributed by atoms with Crippen LogP contribution in [0.25, 0.3) is 28.2 Å². The summed E-state index contributed by atoms with van der Waals surface area (Å²) in [7, 11) is 0. The van der Waals surface area contributed by atoms with E-state index < -0.39 is 17.5 Å². The smallest absolute Gasteiger partial charge is 0.407 e. The molecule has 0 bridgehead atoms. The van der Waals surface area contributed by atoms with Gasteiger partial charge in [-0.15, -0.1) is 0 Å². The third kappa shape index (κ3) is 5.47. The molecule has 1 aliphatic heterocycles. The molecule has 1 aliphatic rings. The summed E-state index contributed by atoms with van der Waals surface area (Å²) in [4.78, 5) is 20.5. The Morgan fingerprint density at radius 2 is 1.82 bits per heavy atom. The summed E-state index contributed by atoms with van der Waals surface area (Å²) in [6, 6.07) is 17.3. The molecule has 0 saturated carbocycles. The number of alkyl carbamates (subject to hydrolysis) is 1. The van der Waals surface area contributed by atoms with Gasteiger partial charge in [-0.05, 0) is 56.3 Å². The number of halogens is 1. The van der Waals surface area contributed by atoms with Crippen molar-refractivity contribution in [3.63, 3.8) is 0 Å². The minimum atomic E-state index is -0.565. The highest BCUT2D eigenvalue weighted by Gasteiger charge is 2.24. The van der Waals surface area contributed by atoms with Crippen LogP contribution in [0.2, 0.25) is 0 Å². The molecule has 4 aromatic rings. The van der Waals surface area contributed by atoms with Crippen LogP contribution in [0.3, 0.4) is 0 Å². The van der Waals surface area contributed by atoms with Crippen molar-refractivity contribution in [2.24, 2.45) is 0 Å². The number of para-hydroxylation sites is 1. The first kappa shape index (κ1) is 24.9. The van der Waals surface area contributed by atoms with Crippen LogP contribution in [-0.2, 0) is 11.3 Å². The van der Waals surface area contributed by atoms with Gasteiger partial charge in [0, 0.05) is 30.1 Å². The van der Waals surface area contributed by atoms with Crippen LogP contribution in [0.15, 0.2) is 77.6 Å². The van der Waals surface area contributed by atoms with Gasteiger partial charge in [0.15, 0.2) is 0 Å². The van der Waals surface area contributed by atoms with Crippen molar-refractivity contribution in [1.29, 1.82) is 0 Å². The van der Waals surface area contributed by atoms with E-state index >= 15 is 0 Å². The summed E-state index contributed by atoms with van der Waals surface area (Å²) in [5.41, 5.74) is 10.2. The first-order valence-corrected chi connectivity index (χ1v) is 11.8. The third-order valence-electron chi connectivity index (χ3n) is 5.43. The number of benzene rings is 2. The molecule has 5 rings (SSSR count). The lowest BCUT2D eigenvalue weighted by atomic mass is 10.1. The van der Waals surface area contributed by atoms with Crippen LogP contribution >= 0.6 is 0 Å². The van der Waals surface area contributed by atoms with Crippen molar-refractivity contribution in [2.75, 3.05) is 5.01 Å². The molecular formula is C27H25FN7O3-. The van der Waals surface area contributed by atoms with Crippen molar-refractivity contribution >= 4 is 23.2 Å². The van der Waals surface area contributed by atoms with Crippen LogP contribution in [0.4, 0.5) is 14.9 Å². The fourth-order valence-electron chi connectivity index (χ4n) is 3.74. The predicted molar refractivity (Wildman–Crippen MR) is 139 cm³/mol. The SMILES string of the molecule is CC(C)(C)OC(=O)NCc1ccc(-c2noc(C3=C(c4ccncc4)N(c4ccccc4F)N[N-]3)n2)cc1. The van der Waals surface area contributed by atoms with E-state index in [1.807, 2.05) is 45.0 Å². The summed E-state index contributed by atoms with van der Waals surface area (Å²) < 4.78 is 25.5. The summed E-state index contributed by atoms with van der Waals surface area (Å²) in [6.07, 6.45) is 2.79. The third-order valence-corrected chi connectivity index (χ3v) is 5.43. The van der Waals surface area contributed by atoms with Gasteiger partial charge in [0.2, 0.25) is 11.7 Å². The van der Waals surface area contributed by atoms with Crippen LogP contribution in [0.1, 0.15) is 37.8 Å². The summed E-state index contributed by atoms with van der Waals surface area (Å²) in [6.45, 7) is 5.74. The molecule has 3 heterocycles. The number of rotatable bonds is 6. The molecule has 0 unspecified atom stereocenters. The van der Waals surface area contributed by atoms with Crippen molar-refractivity contribution in [3.05, 3.63) is 101 Å². The number of amides is 1. The molecule has 0 spiro atoms. The zero-order valence-corrected chi connectivity index (χ0v) is 21.0. The van der Waals surface area contributed by atoms with Gasteiger partial charge in [0.05, 0.1) is 11.4 Å². The maximum absolute atomic E-state index is 14.6. The highest BCUT2D eigenvalue weighted by molar-refractivity contribution is 6.01. The van der Waals surface area contributed by atoms with E-state index in [2.05, 4.69) is 31.4 Å². The van der Waals surface area contributed by atoms with Gasteiger partial charge in [0.25, 0.3) is 0 Å². The summed E-state index contributed by atoms with van der Waals surface area (Å²) >= 11 is 0. The van der Waals surface area contributed by atoms with Crippen molar-refractivity contribution in [2.45, 2.75) is 32.9 Å². The zero-order valence-electron chi connectivity index (χ0n) is 21.0. The first-order chi connectivity index (χ1) is 18.3. The van der Waals surface area contributed by atoms with E-state index in [4.69, 9.17) is 9.26 Å². The molecule has 11 heteroatoms. The molecule has 0 atom stereocenters. The minimum absolute atomic E-state index is 0.161. The van der Waals surface area contributed by atoms with E-state index in [9.17, 15) is 9.18 Å². The van der Waals surface area contributed by atoms with E-state index in [1.54, 1.807) is 42.7 Å². The second-order valence-corrected chi connectivity index (χ2v) is 9.41. The van der Waals surface area contributed by atoms with Gasteiger partial charge in [0.1, 0.15) is 11.4 Å².